The highest BCUT2D eigenvalue weighted by atomic mass is 35.5. The number of benzene rings is 1. The zero-order valence-corrected chi connectivity index (χ0v) is 17.2. The van der Waals surface area contributed by atoms with Gasteiger partial charge in [-0.2, -0.15) is 4.98 Å². The number of piperazine rings is 1. The summed E-state index contributed by atoms with van der Waals surface area (Å²) in [7, 11) is 0. The smallest absolute Gasteiger partial charge is 0.287 e. The molecule has 3 aromatic rings. The number of carbonyl (C=O) groups excluding carboxylic acids is 1. The van der Waals surface area contributed by atoms with E-state index in [2.05, 4.69) is 15.1 Å². The Labute approximate surface area is 182 Å². The van der Waals surface area contributed by atoms with Crippen LogP contribution in [0.4, 0.5) is 11.5 Å². The number of aromatic nitrogens is 3. The number of carbonyl (C=O) groups is 1. The maximum absolute atomic E-state index is 12.6. The number of hydrogen-bond acceptors (Lipinski definition) is 8. The van der Waals surface area contributed by atoms with Crippen molar-refractivity contribution in [1.29, 1.82) is 0 Å². The molecule has 31 heavy (non-hydrogen) atoms. The first-order valence-electron chi connectivity index (χ1n) is 9.71. The monoisotopic (exact) mass is 442 g/mol. The molecule has 10 nitrogen and oxygen atoms in total. The third-order valence-electron chi connectivity index (χ3n) is 5.02. The Morgan fingerprint density at radius 3 is 2.52 bits per heavy atom. The number of rotatable bonds is 6. The molecule has 1 aromatic carbocycles. The van der Waals surface area contributed by atoms with E-state index in [1.165, 1.54) is 12.3 Å². The van der Waals surface area contributed by atoms with Crippen molar-refractivity contribution in [2.24, 2.45) is 0 Å². The summed E-state index contributed by atoms with van der Waals surface area (Å²) in [6.45, 7) is 2.32. The topological polar surface area (TPSA) is 119 Å². The standard InChI is InChI=1S/C20H19ClN6O4/c21-15-3-1-14(2-4-15)20-23-18(31-24-20)7-8-19(28)26-11-9-25(10-12-26)17-6-5-16(13-22-17)27(29)30/h1-6,13H,7-12H2. The molecule has 0 atom stereocenters. The Balaban J connectivity index is 1.27. The number of amides is 1. The molecular formula is C20H19ClN6O4. The predicted octanol–water partition coefficient (Wildman–Crippen LogP) is 2.97. The Morgan fingerprint density at radius 2 is 1.87 bits per heavy atom. The van der Waals surface area contributed by atoms with Crippen molar-refractivity contribution in [3.8, 4) is 11.4 Å². The minimum Gasteiger partial charge on any atom is -0.353 e. The van der Waals surface area contributed by atoms with E-state index in [9.17, 15) is 14.9 Å². The molecule has 1 fully saturated rings. The van der Waals surface area contributed by atoms with E-state index in [-0.39, 0.29) is 18.0 Å². The molecule has 0 aliphatic carbocycles. The van der Waals surface area contributed by atoms with Gasteiger partial charge in [-0.25, -0.2) is 4.98 Å². The normalized spacial score (nSPS) is 14.0. The second-order valence-corrected chi connectivity index (χ2v) is 7.45. The van der Waals surface area contributed by atoms with Crippen LogP contribution in [0, 0.1) is 10.1 Å². The van der Waals surface area contributed by atoms with Crippen LogP contribution < -0.4 is 4.90 Å². The summed E-state index contributed by atoms with van der Waals surface area (Å²) in [5, 5.41) is 15.3. The summed E-state index contributed by atoms with van der Waals surface area (Å²) in [4.78, 5) is 35.1. The Hall–Kier alpha value is -3.53. The van der Waals surface area contributed by atoms with Gasteiger partial charge in [0, 0.05) is 55.7 Å². The molecule has 2 aromatic heterocycles. The zero-order chi connectivity index (χ0) is 21.8. The molecule has 1 saturated heterocycles. The molecule has 0 saturated carbocycles. The second kappa shape index (κ2) is 9.09. The summed E-state index contributed by atoms with van der Waals surface area (Å²) < 4.78 is 5.26. The van der Waals surface area contributed by atoms with Gasteiger partial charge in [-0.1, -0.05) is 16.8 Å². The van der Waals surface area contributed by atoms with Gasteiger partial charge in [-0.15, -0.1) is 0 Å². The van der Waals surface area contributed by atoms with Crippen LogP contribution in [0.1, 0.15) is 12.3 Å². The number of halogens is 1. The van der Waals surface area contributed by atoms with Crippen LogP contribution in [-0.4, -0.2) is 57.0 Å². The van der Waals surface area contributed by atoms with Gasteiger partial charge in [0.25, 0.3) is 5.69 Å². The average Bonchev–Trinajstić information content (AvgIpc) is 3.27. The van der Waals surface area contributed by atoms with Gasteiger partial charge in [-0.05, 0) is 30.3 Å². The van der Waals surface area contributed by atoms with Gasteiger partial charge in [0.1, 0.15) is 12.0 Å². The highest BCUT2D eigenvalue weighted by molar-refractivity contribution is 6.30. The van der Waals surface area contributed by atoms with Gasteiger partial charge in [-0.3, -0.25) is 14.9 Å². The molecular weight excluding hydrogens is 424 g/mol. The number of nitrogens with zero attached hydrogens (tertiary/aromatic N) is 6. The molecule has 0 bridgehead atoms. The van der Waals surface area contributed by atoms with Gasteiger partial charge < -0.3 is 14.3 Å². The number of nitro groups is 1. The SMILES string of the molecule is O=C(CCc1nc(-c2ccc(Cl)cc2)no1)N1CCN(c2ccc([N+](=O)[O-])cn2)CC1. The molecule has 3 heterocycles. The lowest BCUT2D eigenvalue weighted by atomic mass is 10.2. The summed E-state index contributed by atoms with van der Waals surface area (Å²) in [6.07, 6.45) is 1.89. The molecule has 1 aliphatic heterocycles. The van der Waals surface area contributed by atoms with Gasteiger partial charge in [0.15, 0.2) is 0 Å². The maximum Gasteiger partial charge on any atom is 0.287 e. The predicted molar refractivity (Wildman–Crippen MR) is 113 cm³/mol. The van der Waals surface area contributed by atoms with E-state index in [4.69, 9.17) is 16.1 Å². The quantitative estimate of drug-likeness (QED) is 0.422. The van der Waals surface area contributed by atoms with Crippen LogP contribution in [0.25, 0.3) is 11.4 Å². The molecule has 1 amide bonds. The molecule has 1 aliphatic rings. The largest absolute Gasteiger partial charge is 0.353 e. The van der Waals surface area contributed by atoms with Crippen molar-refractivity contribution in [3.63, 3.8) is 0 Å². The number of aryl methyl sites for hydroxylation is 1. The Bertz CT molecular complexity index is 1060. The molecule has 0 spiro atoms. The fraction of sp³-hybridized carbons (Fsp3) is 0.300. The number of hydrogen-bond donors (Lipinski definition) is 0. The minimum absolute atomic E-state index is 0.0163. The molecule has 160 valence electrons. The zero-order valence-electron chi connectivity index (χ0n) is 16.5. The molecule has 11 heteroatoms. The Morgan fingerprint density at radius 1 is 1.13 bits per heavy atom. The van der Waals surface area contributed by atoms with Gasteiger partial charge in [0.05, 0.1) is 4.92 Å². The van der Waals surface area contributed by atoms with E-state index in [0.717, 1.165) is 5.56 Å². The van der Waals surface area contributed by atoms with Crippen LogP contribution in [0.15, 0.2) is 47.1 Å². The van der Waals surface area contributed by atoms with Crippen molar-refractivity contribution in [2.75, 3.05) is 31.1 Å². The summed E-state index contributed by atoms with van der Waals surface area (Å²) in [5.41, 5.74) is 0.750. The average molecular weight is 443 g/mol. The minimum atomic E-state index is -0.477. The van der Waals surface area contributed by atoms with Crippen molar-refractivity contribution in [2.45, 2.75) is 12.8 Å². The van der Waals surface area contributed by atoms with Gasteiger partial charge in [0.2, 0.25) is 17.6 Å². The first-order chi connectivity index (χ1) is 15.0. The molecule has 0 radical (unpaired) electrons. The first-order valence-corrected chi connectivity index (χ1v) is 10.1. The highest BCUT2D eigenvalue weighted by Crippen LogP contribution is 2.20. The van der Waals surface area contributed by atoms with E-state index < -0.39 is 4.92 Å². The summed E-state index contributed by atoms with van der Waals surface area (Å²) >= 11 is 5.89. The van der Waals surface area contributed by atoms with Crippen LogP contribution in [-0.2, 0) is 11.2 Å². The second-order valence-electron chi connectivity index (χ2n) is 7.02. The van der Waals surface area contributed by atoms with Crippen LogP contribution in [0.3, 0.4) is 0 Å². The number of pyridine rings is 1. The third kappa shape index (κ3) is 4.97. The molecule has 0 N–H and O–H groups in total. The maximum atomic E-state index is 12.6. The van der Waals surface area contributed by atoms with Crippen molar-refractivity contribution < 1.29 is 14.2 Å². The van der Waals surface area contributed by atoms with Crippen molar-refractivity contribution in [1.82, 2.24) is 20.0 Å². The van der Waals surface area contributed by atoms with Crippen LogP contribution >= 0.6 is 11.6 Å². The van der Waals surface area contributed by atoms with Crippen molar-refractivity contribution in [3.05, 3.63) is 63.6 Å². The van der Waals surface area contributed by atoms with E-state index in [1.54, 1.807) is 35.2 Å². The number of anilines is 1. The third-order valence-corrected chi connectivity index (χ3v) is 5.27. The fourth-order valence-electron chi connectivity index (χ4n) is 3.30. The van der Waals surface area contributed by atoms with E-state index in [1.807, 2.05) is 4.90 Å². The lowest BCUT2D eigenvalue weighted by molar-refractivity contribution is -0.385. The fourth-order valence-corrected chi connectivity index (χ4v) is 3.43. The lowest BCUT2D eigenvalue weighted by Gasteiger charge is -2.35. The van der Waals surface area contributed by atoms with E-state index >= 15 is 0 Å². The molecule has 4 rings (SSSR count). The highest BCUT2D eigenvalue weighted by Gasteiger charge is 2.23. The lowest BCUT2D eigenvalue weighted by Crippen LogP contribution is -2.49. The Kier molecular flexibility index (Phi) is 6.08. The van der Waals surface area contributed by atoms with Crippen LogP contribution in [0.2, 0.25) is 5.02 Å². The van der Waals surface area contributed by atoms with Crippen molar-refractivity contribution >= 4 is 29.0 Å². The summed E-state index contributed by atoms with van der Waals surface area (Å²) in [6, 6.07) is 10.2. The first kappa shape index (κ1) is 20.7. The van der Waals surface area contributed by atoms with Crippen LogP contribution in [0.5, 0.6) is 0 Å². The van der Waals surface area contributed by atoms with E-state index in [0.29, 0.717) is 55.2 Å². The summed E-state index contributed by atoms with van der Waals surface area (Å²) in [5.74, 6) is 1.55. The molecule has 0 unspecified atom stereocenters. The van der Waals surface area contributed by atoms with Gasteiger partial charge >= 0.3 is 0 Å².